The Hall–Kier alpha value is -1.85. The molecule has 108 valence electrons. The highest BCUT2D eigenvalue weighted by molar-refractivity contribution is 5.83. The van der Waals surface area contributed by atoms with Crippen molar-refractivity contribution in [1.29, 1.82) is 0 Å². The normalized spacial score (nSPS) is 21.1. The smallest absolute Gasteiger partial charge is 0.226 e. The van der Waals surface area contributed by atoms with Crippen molar-refractivity contribution in [2.24, 2.45) is 5.92 Å². The fraction of sp³-hybridized carbons (Fsp3) is 0.643. The van der Waals surface area contributed by atoms with Gasteiger partial charge in [0.1, 0.15) is 5.52 Å². The van der Waals surface area contributed by atoms with Crippen LogP contribution in [0.3, 0.4) is 0 Å². The molecule has 2 aromatic rings. The van der Waals surface area contributed by atoms with E-state index in [1.54, 1.807) is 6.33 Å². The maximum atomic E-state index is 4.58. The van der Waals surface area contributed by atoms with Crippen molar-refractivity contribution in [2.45, 2.75) is 45.6 Å². The van der Waals surface area contributed by atoms with Crippen LogP contribution in [0.15, 0.2) is 6.33 Å². The molecule has 6 nitrogen and oxygen atoms in total. The van der Waals surface area contributed by atoms with Gasteiger partial charge in [-0.2, -0.15) is 9.97 Å². The van der Waals surface area contributed by atoms with Gasteiger partial charge in [0.15, 0.2) is 11.5 Å². The molecule has 2 aromatic heterocycles. The minimum absolute atomic E-state index is 0.551. The van der Waals surface area contributed by atoms with Crippen LogP contribution in [0.1, 0.15) is 39.5 Å². The van der Waals surface area contributed by atoms with E-state index in [1.165, 1.54) is 19.3 Å². The van der Waals surface area contributed by atoms with E-state index in [0.29, 0.717) is 17.6 Å². The van der Waals surface area contributed by atoms with E-state index in [2.05, 4.69) is 44.4 Å². The van der Waals surface area contributed by atoms with Crippen molar-refractivity contribution in [2.75, 3.05) is 17.2 Å². The minimum atomic E-state index is 0.551. The van der Waals surface area contributed by atoms with Gasteiger partial charge in [-0.25, -0.2) is 4.98 Å². The van der Waals surface area contributed by atoms with E-state index in [-0.39, 0.29) is 0 Å². The summed E-state index contributed by atoms with van der Waals surface area (Å²) >= 11 is 0. The summed E-state index contributed by atoms with van der Waals surface area (Å²) in [5, 5.41) is 6.76. The van der Waals surface area contributed by atoms with Gasteiger partial charge in [0, 0.05) is 12.6 Å². The van der Waals surface area contributed by atoms with Crippen molar-refractivity contribution in [3.8, 4) is 0 Å². The second-order valence-electron chi connectivity index (χ2n) is 5.46. The molecule has 3 N–H and O–H groups in total. The molecule has 0 aromatic carbocycles. The first-order valence-electron chi connectivity index (χ1n) is 7.53. The molecule has 0 saturated heterocycles. The van der Waals surface area contributed by atoms with Gasteiger partial charge in [0.2, 0.25) is 5.95 Å². The number of hydrogen-bond donors (Lipinski definition) is 3. The summed E-state index contributed by atoms with van der Waals surface area (Å²) in [7, 11) is 0. The lowest BCUT2D eigenvalue weighted by Crippen LogP contribution is -2.10. The zero-order chi connectivity index (χ0) is 13.9. The van der Waals surface area contributed by atoms with Crippen LogP contribution < -0.4 is 10.6 Å². The standard InChI is InChI=1S/C14H22N6/c1-3-5-9-7-10(9)18-13-11-12(17-8-16-11)19-14(20-13)15-6-4-2/h8-10H,3-7H2,1-2H3,(H3,15,16,17,18,19,20). The molecule has 0 spiro atoms. The second kappa shape index (κ2) is 5.64. The first kappa shape index (κ1) is 13.1. The number of rotatable bonds is 7. The predicted octanol–water partition coefficient (Wildman–Crippen LogP) is 2.78. The Morgan fingerprint density at radius 3 is 3.00 bits per heavy atom. The Kier molecular flexibility index (Phi) is 3.71. The van der Waals surface area contributed by atoms with Crippen LogP contribution in [0.25, 0.3) is 11.2 Å². The monoisotopic (exact) mass is 274 g/mol. The van der Waals surface area contributed by atoms with E-state index >= 15 is 0 Å². The quantitative estimate of drug-likeness (QED) is 0.723. The molecule has 0 bridgehead atoms. The fourth-order valence-corrected chi connectivity index (χ4v) is 2.54. The van der Waals surface area contributed by atoms with Crippen molar-refractivity contribution in [3.63, 3.8) is 0 Å². The molecule has 2 atom stereocenters. The van der Waals surface area contributed by atoms with Crippen LogP contribution in [0, 0.1) is 5.92 Å². The molecule has 3 rings (SSSR count). The van der Waals surface area contributed by atoms with Gasteiger partial charge in [-0.15, -0.1) is 0 Å². The highest BCUT2D eigenvalue weighted by Gasteiger charge is 2.36. The Bertz CT molecular complexity index is 578. The number of imidazole rings is 1. The van der Waals surface area contributed by atoms with Gasteiger partial charge in [-0.1, -0.05) is 20.3 Å². The third-order valence-electron chi connectivity index (χ3n) is 3.72. The zero-order valence-corrected chi connectivity index (χ0v) is 12.1. The lowest BCUT2D eigenvalue weighted by atomic mass is 10.2. The molecule has 0 radical (unpaired) electrons. The van der Waals surface area contributed by atoms with E-state index in [4.69, 9.17) is 0 Å². The first-order chi connectivity index (χ1) is 9.81. The number of nitrogens with one attached hydrogen (secondary N) is 3. The van der Waals surface area contributed by atoms with Gasteiger partial charge in [-0.05, 0) is 25.2 Å². The Labute approximate surface area is 118 Å². The first-order valence-corrected chi connectivity index (χ1v) is 7.53. The lowest BCUT2D eigenvalue weighted by molar-refractivity contribution is 0.692. The number of hydrogen-bond acceptors (Lipinski definition) is 5. The van der Waals surface area contributed by atoms with Crippen molar-refractivity contribution in [1.82, 2.24) is 19.9 Å². The summed E-state index contributed by atoms with van der Waals surface area (Å²) in [6, 6.07) is 0.551. The van der Waals surface area contributed by atoms with Gasteiger partial charge in [0.25, 0.3) is 0 Å². The van der Waals surface area contributed by atoms with E-state index in [0.717, 1.165) is 30.2 Å². The number of aromatic amines is 1. The van der Waals surface area contributed by atoms with Crippen LogP contribution in [0.2, 0.25) is 0 Å². The van der Waals surface area contributed by atoms with Crippen molar-refractivity contribution < 1.29 is 0 Å². The van der Waals surface area contributed by atoms with Crippen LogP contribution in [-0.2, 0) is 0 Å². The minimum Gasteiger partial charge on any atom is -0.365 e. The Morgan fingerprint density at radius 1 is 1.30 bits per heavy atom. The predicted molar refractivity (Wildman–Crippen MR) is 80.9 cm³/mol. The number of nitrogens with zero attached hydrogens (tertiary/aromatic N) is 3. The molecule has 1 aliphatic carbocycles. The second-order valence-corrected chi connectivity index (χ2v) is 5.46. The molecule has 0 amide bonds. The third kappa shape index (κ3) is 2.69. The summed E-state index contributed by atoms with van der Waals surface area (Å²) in [6.45, 7) is 5.23. The SMILES string of the molecule is CCCNc1nc(NC2CC2CCC)c2[nH]cnc2n1. The molecule has 20 heavy (non-hydrogen) atoms. The molecule has 0 aliphatic heterocycles. The summed E-state index contributed by atoms with van der Waals surface area (Å²) in [6.07, 6.45) is 6.49. The summed E-state index contributed by atoms with van der Waals surface area (Å²) in [5.41, 5.74) is 1.61. The average Bonchev–Trinajstić information content (AvgIpc) is 3.00. The molecular formula is C14H22N6. The molecule has 2 heterocycles. The molecule has 1 saturated carbocycles. The highest BCUT2D eigenvalue weighted by atomic mass is 15.2. The zero-order valence-electron chi connectivity index (χ0n) is 12.1. The number of H-pyrrole nitrogens is 1. The van der Waals surface area contributed by atoms with Gasteiger partial charge in [0.05, 0.1) is 6.33 Å². The number of aromatic nitrogens is 4. The van der Waals surface area contributed by atoms with Crippen LogP contribution >= 0.6 is 0 Å². The van der Waals surface area contributed by atoms with Gasteiger partial charge < -0.3 is 15.6 Å². The highest BCUT2D eigenvalue weighted by Crippen LogP contribution is 2.37. The fourth-order valence-electron chi connectivity index (χ4n) is 2.54. The van der Waals surface area contributed by atoms with Crippen LogP contribution in [-0.4, -0.2) is 32.5 Å². The molecule has 2 unspecified atom stereocenters. The van der Waals surface area contributed by atoms with E-state index in [1.807, 2.05) is 0 Å². The Balaban J connectivity index is 1.79. The molecule has 1 fully saturated rings. The Morgan fingerprint density at radius 2 is 2.20 bits per heavy atom. The summed E-state index contributed by atoms with van der Waals surface area (Å²) in [5.74, 6) is 2.32. The average molecular weight is 274 g/mol. The van der Waals surface area contributed by atoms with Crippen molar-refractivity contribution >= 4 is 22.9 Å². The molecular weight excluding hydrogens is 252 g/mol. The topological polar surface area (TPSA) is 78.5 Å². The number of fused-ring (bicyclic) bond motifs is 1. The van der Waals surface area contributed by atoms with E-state index in [9.17, 15) is 0 Å². The number of anilines is 2. The summed E-state index contributed by atoms with van der Waals surface area (Å²) < 4.78 is 0. The van der Waals surface area contributed by atoms with E-state index < -0.39 is 0 Å². The molecule has 1 aliphatic rings. The lowest BCUT2D eigenvalue weighted by Gasteiger charge is -2.09. The largest absolute Gasteiger partial charge is 0.365 e. The summed E-state index contributed by atoms with van der Waals surface area (Å²) in [4.78, 5) is 16.4. The maximum absolute atomic E-state index is 4.58. The van der Waals surface area contributed by atoms with Gasteiger partial charge >= 0.3 is 0 Å². The molecule has 6 heteroatoms. The van der Waals surface area contributed by atoms with Gasteiger partial charge in [-0.3, -0.25) is 0 Å². The third-order valence-corrected chi connectivity index (χ3v) is 3.72. The van der Waals surface area contributed by atoms with Crippen LogP contribution in [0.5, 0.6) is 0 Å². The van der Waals surface area contributed by atoms with Crippen molar-refractivity contribution in [3.05, 3.63) is 6.33 Å². The maximum Gasteiger partial charge on any atom is 0.226 e. The van der Waals surface area contributed by atoms with Crippen LogP contribution in [0.4, 0.5) is 11.8 Å².